The van der Waals surface area contributed by atoms with E-state index in [0.717, 1.165) is 31.9 Å². The summed E-state index contributed by atoms with van der Waals surface area (Å²) in [5, 5.41) is 3.68. The number of nitrogens with one attached hydrogen (secondary N) is 1. The van der Waals surface area contributed by atoms with Crippen molar-refractivity contribution in [1.29, 1.82) is 0 Å². The molecule has 0 saturated heterocycles. The van der Waals surface area contributed by atoms with Gasteiger partial charge in [0.15, 0.2) is 0 Å². The Morgan fingerprint density at radius 1 is 1.25 bits per heavy atom. The summed E-state index contributed by atoms with van der Waals surface area (Å²) in [5.41, 5.74) is 1.24. The zero-order chi connectivity index (χ0) is 14.4. The molecule has 0 amide bonds. The van der Waals surface area contributed by atoms with Crippen molar-refractivity contribution in [2.45, 2.75) is 52.1 Å². The Kier molecular flexibility index (Phi) is 5.72. The maximum atomic E-state index is 5.83. The molecule has 20 heavy (non-hydrogen) atoms. The molecule has 3 heteroatoms. The van der Waals surface area contributed by atoms with Gasteiger partial charge in [-0.3, -0.25) is 0 Å². The van der Waals surface area contributed by atoms with Crippen LogP contribution in [0.2, 0.25) is 0 Å². The lowest BCUT2D eigenvalue weighted by atomic mass is 10.1. The predicted octanol–water partition coefficient (Wildman–Crippen LogP) is 3.44. The third-order valence-electron chi connectivity index (χ3n) is 4.20. The standard InChI is InChI=1S/C17H28N2O/c1-4-15(5-2)18-13-14(3)19-11-8-12-20-17-10-7-6-9-16(17)19/h6-7,9-10,14-15,18H,4-5,8,11-13H2,1-3H3. The van der Waals surface area contributed by atoms with E-state index >= 15 is 0 Å². The fraction of sp³-hybridized carbons (Fsp3) is 0.647. The minimum atomic E-state index is 0.485. The highest BCUT2D eigenvalue weighted by molar-refractivity contribution is 5.59. The Hall–Kier alpha value is -1.22. The second-order valence-corrected chi connectivity index (χ2v) is 5.63. The third-order valence-corrected chi connectivity index (χ3v) is 4.20. The van der Waals surface area contributed by atoms with Crippen molar-refractivity contribution in [2.24, 2.45) is 0 Å². The summed E-state index contributed by atoms with van der Waals surface area (Å²) >= 11 is 0. The Morgan fingerprint density at radius 3 is 2.75 bits per heavy atom. The maximum absolute atomic E-state index is 5.83. The van der Waals surface area contributed by atoms with E-state index in [-0.39, 0.29) is 0 Å². The molecular formula is C17H28N2O. The molecule has 1 unspecified atom stereocenters. The van der Waals surface area contributed by atoms with Crippen molar-refractivity contribution in [3.8, 4) is 5.75 Å². The van der Waals surface area contributed by atoms with Gasteiger partial charge in [-0.1, -0.05) is 26.0 Å². The van der Waals surface area contributed by atoms with E-state index in [1.807, 2.05) is 0 Å². The summed E-state index contributed by atoms with van der Waals surface area (Å²) in [6, 6.07) is 9.52. The number of fused-ring (bicyclic) bond motifs is 1. The molecule has 1 N–H and O–H groups in total. The van der Waals surface area contributed by atoms with Crippen molar-refractivity contribution in [2.75, 3.05) is 24.6 Å². The van der Waals surface area contributed by atoms with Crippen LogP contribution in [0.25, 0.3) is 0 Å². The number of hydrogen-bond donors (Lipinski definition) is 1. The number of ether oxygens (including phenoxy) is 1. The van der Waals surface area contributed by atoms with Crippen LogP contribution in [0.1, 0.15) is 40.0 Å². The van der Waals surface area contributed by atoms with Crippen LogP contribution in [0.15, 0.2) is 24.3 Å². The molecule has 2 rings (SSSR count). The number of hydrogen-bond acceptors (Lipinski definition) is 3. The number of benzene rings is 1. The number of anilines is 1. The molecule has 1 aromatic rings. The molecule has 0 aliphatic carbocycles. The van der Waals surface area contributed by atoms with Crippen LogP contribution in [-0.2, 0) is 0 Å². The van der Waals surface area contributed by atoms with E-state index < -0.39 is 0 Å². The average Bonchev–Trinajstić information content (AvgIpc) is 2.70. The molecule has 1 aliphatic rings. The predicted molar refractivity (Wildman–Crippen MR) is 85.7 cm³/mol. The zero-order valence-corrected chi connectivity index (χ0v) is 13.1. The van der Waals surface area contributed by atoms with Gasteiger partial charge in [-0.2, -0.15) is 0 Å². The molecule has 1 heterocycles. The van der Waals surface area contributed by atoms with Crippen molar-refractivity contribution in [1.82, 2.24) is 5.32 Å². The lowest BCUT2D eigenvalue weighted by molar-refractivity contribution is 0.322. The Balaban J connectivity index is 2.03. The van der Waals surface area contributed by atoms with Crippen LogP contribution in [0, 0.1) is 0 Å². The van der Waals surface area contributed by atoms with Crippen molar-refractivity contribution >= 4 is 5.69 Å². The number of nitrogens with zero attached hydrogens (tertiary/aromatic N) is 1. The molecule has 0 fully saturated rings. The van der Waals surface area contributed by atoms with Crippen LogP contribution >= 0.6 is 0 Å². The maximum Gasteiger partial charge on any atom is 0.142 e. The van der Waals surface area contributed by atoms with Gasteiger partial charge in [0.25, 0.3) is 0 Å². The lowest BCUT2D eigenvalue weighted by Gasteiger charge is -2.32. The molecule has 1 aromatic carbocycles. The third kappa shape index (κ3) is 3.66. The molecule has 0 spiro atoms. The summed E-state index contributed by atoms with van der Waals surface area (Å²) in [6.07, 6.45) is 3.48. The van der Waals surface area contributed by atoms with Gasteiger partial charge in [-0.25, -0.2) is 0 Å². The summed E-state index contributed by atoms with van der Waals surface area (Å²) in [6.45, 7) is 9.73. The Bertz CT molecular complexity index is 404. The molecule has 0 saturated carbocycles. The van der Waals surface area contributed by atoms with Crippen molar-refractivity contribution in [3.63, 3.8) is 0 Å². The van der Waals surface area contributed by atoms with Gasteiger partial charge in [-0.05, 0) is 38.3 Å². The highest BCUT2D eigenvalue weighted by atomic mass is 16.5. The summed E-state index contributed by atoms with van der Waals surface area (Å²) < 4.78 is 5.83. The first-order valence-electron chi connectivity index (χ1n) is 7.98. The summed E-state index contributed by atoms with van der Waals surface area (Å²) in [7, 11) is 0. The van der Waals surface area contributed by atoms with Gasteiger partial charge in [-0.15, -0.1) is 0 Å². The van der Waals surface area contributed by atoms with Gasteiger partial charge in [0.2, 0.25) is 0 Å². The van der Waals surface area contributed by atoms with Gasteiger partial charge in [0.05, 0.1) is 12.3 Å². The fourth-order valence-corrected chi connectivity index (χ4v) is 2.84. The van der Waals surface area contributed by atoms with E-state index in [0.29, 0.717) is 12.1 Å². The van der Waals surface area contributed by atoms with E-state index in [2.05, 4.69) is 55.3 Å². The normalized spacial score (nSPS) is 16.5. The molecule has 3 nitrogen and oxygen atoms in total. The SMILES string of the molecule is CCC(CC)NCC(C)N1CCCOc2ccccc21. The second kappa shape index (κ2) is 7.53. The largest absolute Gasteiger partial charge is 0.491 e. The van der Waals surface area contributed by atoms with Gasteiger partial charge in [0, 0.05) is 25.2 Å². The van der Waals surface area contributed by atoms with Gasteiger partial charge in [0.1, 0.15) is 5.75 Å². The van der Waals surface area contributed by atoms with Crippen molar-refractivity contribution < 1.29 is 4.74 Å². The van der Waals surface area contributed by atoms with Crippen LogP contribution in [-0.4, -0.2) is 31.8 Å². The summed E-state index contributed by atoms with van der Waals surface area (Å²) in [4.78, 5) is 2.48. The first-order chi connectivity index (χ1) is 9.76. The molecule has 0 bridgehead atoms. The van der Waals surface area contributed by atoms with E-state index in [4.69, 9.17) is 4.74 Å². The van der Waals surface area contributed by atoms with Crippen LogP contribution < -0.4 is 15.0 Å². The Labute approximate surface area is 123 Å². The second-order valence-electron chi connectivity index (χ2n) is 5.63. The first-order valence-corrected chi connectivity index (χ1v) is 7.98. The van der Waals surface area contributed by atoms with Crippen LogP contribution in [0.3, 0.4) is 0 Å². The molecule has 0 radical (unpaired) electrons. The minimum Gasteiger partial charge on any atom is -0.491 e. The molecule has 112 valence electrons. The van der Waals surface area contributed by atoms with Gasteiger partial charge >= 0.3 is 0 Å². The van der Waals surface area contributed by atoms with Gasteiger partial charge < -0.3 is 15.0 Å². The molecule has 1 atom stereocenters. The highest BCUT2D eigenvalue weighted by Gasteiger charge is 2.20. The van der Waals surface area contributed by atoms with Crippen LogP contribution in [0.5, 0.6) is 5.75 Å². The molecule has 1 aliphatic heterocycles. The number of rotatable bonds is 6. The van der Waals surface area contributed by atoms with E-state index in [9.17, 15) is 0 Å². The van der Waals surface area contributed by atoms with Crippen LogP contribution in [0.4, 0.5) is 5.69 Å². The Morgan fingerprint density at radius 2 is 2.00 bits per heavy atom. The topological polar surface area (TPSA) is 24.5 Å². The fourth-order valence-electron chi connectivity index (χ4n) is 2.84. The summed E-state index contributed by atoms with van der Waals surface area (Å²) in [5.74, 6) is 1.03. The monoisotopic (exact) mass is 276 g/mol. The van der Waals surface area contributed by atoms with Crippen molar-refractivity contribution in [3.05, 3.63) is 24.3 Å². The van der Waals surface area contributed by atoms with E-state index in [1.54, 1.807) is 0 Å². The van der Waals surface area contributed by atoms with E-state index in [1.165, 1.54) is 18.5 Å². The smallest absolute Gasteiger partial charge is 0.142 e. The lowest BCUT2D eigenvalue weighted by Crippen LogP contribution is -2.43. The quantitative estimate of drug-likeness (QED) is 0.861. The molecular weight excluding hydrogens is 248 g/mol. The first kappa shape index (κ1) is 15.2. The minimum absolute atomic E-state index is 0.485. The zero-order valence-electron chi connectivity index (χ0n) is 13.1. The molecule has 0 aromatic heterocycles. The number of para-hydroxylation sites is 2. The highest BCUT2D eigenvalue weighted by Crippen LogP contribution is 2.31. The average molecular weight is 276 g/mol.